The van der Waals surface area contributed by atoms with Crippen LogP contribution in [0, 0.1) is 0 Å². The highest BCUT2D eigenvalue weighted by Crippen LogP contribution is 2.17. The normalized spacial score (nSPS) is 11.1. The number of fused-ring (bicyclic) bond motifs is 1. The topological polar surface area (TPSA) is 104 Å². The number of nitrogens with zero attached hydrogens (tertiary/aromatic N) is 4. The number of hydrogen-bond donors (Lipinski definition) is 1. The number of hydrazone groups is 1. The van der Waals surface area contributed by atoms with Gasteiger partial charge in [0.05, 0.1) is 18.8 Å². The summed E-state index contributed by atoms with van der Waals surface area (Å²) in [7, 11) is 1.62. The Morgan fingerprint density at radius 1 is 1.17 bits per heavy atom. The number of carbonyl (C=O) groups is 1. The van der Waals surface area contributed by atoms with Gasteiger partial charge >= 0.3 is 0 Å². The molecule has 9 nitrogen and oxygen atoms in total. The Labute approximate surface area is 171 Å². The second kappa shape index (κ2) is 8.91. The molecule has 0 aliphatic heterocycles. The molecule has 0 aliphatic carbocycles. The van der Waals surface area contributed by atoms with Gasteiger partial charge in [0.15, 0.2) is 5.76 Å². The number of methoxy groups -OCH3 is 1. The third-order valence-electron chi connectivity index (χ3n) is 4.24. The van der Waals surface area contributed by atoms with E-state index in [-0.39, 0.29) is 12.5 Å². The molecule has 0 bridgehead atoms. The molecule has 152 valence electrons. The first-order chi connectivity index (χ1) is 14.7. The zero-order valence-corrected chi connectivity index (χ0v) is 16.2. The van der Waals surface area contributed by atoms with E-state index in [9.17, 15) is 4.79 Å². The highest BCUT2D eigenvalue weighted by atomic mass is 16.6. The van der Waals surface area contributed by atoms with Crippen molar-refractivity contribution < 1.29 is 18.7 Å². The van der Waals surface area contributed by atoms with Gasteiger partial charge in [-0.05, 0) is 35.9 Å². The Morgan fingerprint density at radius 3 is 2.83 bits per heavy atom. The van der Waals surface area contributed by atoms with Crippen molar-refractivity contribution in [3.8, 4) is 11.7 Å². The summed E-state index contributed by atoms with van der Waals surface area (Å²) < 4.78 is 17.8. The SMILES string of the molecule is COc1ccc(COc2ccc(/C=N\NC(=O)Cn3nnc4ccccc43)o2)cc1. The Morgan fingerprint density at radius 2 is 2.00 bits per heavy atom. The van der Waals surface area contributed by atoms with Gasteiger partial charge in [-0.15, -0.1) is 5.10 Å². The fraction of sp³-hybridized carbons (Fsp3) is 0.143. The lowest BCUT2D eigenvalue weighted by Gasteiger charge is -2.04. The van der Waals surface area contributed by atoms with E-state index in [1.54, 1.807) is 19.2 Å². The molecule has 0 atom stereocenters. The van der Waals surface area contributed by atoms with Crippen LogP contribution in [-0.4, -0.2) is 34.2 Å². The van der Waals surface area contributed by atoms with Gasteiger partial charge in [0.1, 0.15) is 24.4 Å². The third-order valence-corrected chi connectivity index (χ3v) is 4.24. The lowest BCUT2D eigenvalue weighted by atomic mass is 10.2. The second-order valence-electron chi connectivity index (χ2n) is 6.32. The number of ether oxygens (including phenoxy) is 2. The number of carbonyl (C=O) groups excluding carboxylic acids is 1. The summed E-state index contributed by atoms with van der Waals surface area (Å²) in [6.07, 6.45) is 1.40. The predicted octanol–water partition coefficient (Wildman–Crippen LogP) is 2.76. The number of furan rings is 1. The predicted molar refractivity (Wildman–Crippen MR) is 109 cm³/mol. The number of hydrogen-bond acceptors (Lipinski definition) is 7. The van der Waals surface area contributed by atoms with E-state index < -0.39 is 0 Å². The third kappa shape index (κ3) is 4.64. The Bertz CT molecular complexity index is 1160. The van der Waals surface area contributed by atoms with E-state index in [0.29, 0.717) is 18.3 Å². The average molecular weight is 405 g/mol. The van der Waals surface area contributed by atoms with Crippen LogP contribution in [0.1, 0.15) is 11.3 Å². The van der Waals surface area contributed by atoms with Crippen molar-refractivity contribution in [3.63, 3.8) is 0 Å². The number of nitrogens with one attached hydrogen (secondary N) is 1. The molecular formula is C21H19N5O4. The monoisotopic (exact) mass is 405 g/mol. The number of rotatable bonds is 8. The summed E-state index contributed by atoms with van der Waals surface area (Å²) in [5.74, 6) is 1.26. The van der Waals surface area contributed by atoms with E-state index in [0.717, 1.165) is 22.3 Å². The molecule has 0 fully saturated rings. The van der Waals surface area contributed by atoms with Crippen molar-refractivity contribution in [2.75, 3.05) is 7.11 Å². The summed E-state index contributed by atoms with van der Waals surface area (Å²) in [6, 6.07) is 18.4. The molecule has 0 aliphatic rings. The van der Waals surface area contributed by atoms with Gasteiger partial charge in [-0.1, -0.05) is 29.5 Å². The Balaban J connectivity index is 1.27. The fourth-order valence-electron chi connectivity index (χ4n) is 2.73. The van der Waals surface area contributed by atoms with Gasteiger partial charge < -0.3 is 13.9 Å². The Hall–Kier alpha value is -4.14. The first kappa shape index (κ1) is 19.2. The van der Waals surface area contributed by atoms with Gasteiger partial charge in [0.25, 0.3) is 11.9 Å². The molecule has 2 aromatic carbocycles. The van der Waals surface area contributed by atoms with Crippen molar-refractivity contribution in [2.24, 2.45) is 5.10 Å². The maximum absolute atomic E-state index is 12.1. The maximum atomic E-state index is 12.1. The van der Waals surface area contributed by atoms with Gasteiger partial charge in [0, 0.05) is 6.07 Å². The minimum atomic E-state index is -0.329. The zero-order chi connectivity index (χ0) is 20.8. The van der Waals surface area contributed by atoms with Crippen LogP contribution < -0.4 is 14.9 Å². The zero-order valence-electron chi connectivity index (χ0n) is 16.2. The molecule has 1 N–H and O–H groups in total. The van der Waals surface area contributed by atoms with E-state index >= 15 is 0 Å². The molecule has 0 unspecified atom stereocenters. The van der Waals surface area contributed by atoms with Gasteiger partial charge in [0.2, 0.25) is 0 Å². The maximum Gasteiger partial charge on any atom is 0.285 e. The average Bonchev–Trinajstić information content (AvgIpc) is 3.40. The quantitative estimate of drug-likeness (QED) is 0.357. The van der Waals surface area contributed by atoms with Crippen LogP contribution in [0.4, 0.5) is 0 Å². The summed E-state index contributed by atoms with van der Waals surface area (Å²) in [4.78, 5) is 12.1. The summed E-state index contributed by atoms with van der Waals surface area (Å²) in [5.41, 5.74) is 4.93. The molecule has 2 heterocycles. The first-order valence-corrected chi connectivity index (χ1v) is 9.17. The van der Waals surface area contributed by atoms with Crippen LogP contribution in [-0.2, 0) is 17.9 Å². The van der Waals surface area contributed by atoms with Crippen molar-refractivity contribution in [2.45, 2.75) is 13.2 Å². The van der Waals surface area contributed by atoms with Crippen molar-refractivity contribution >= 4 is 23.2 Å². The van der Waals surface area contributed by atoms with Crippen LogP contribution in [0.5, 0.6) is 11.7 Å². The lowest BCUT2D eigenvalue weighted by molar-refractivity contribution is -0.121. The van der Waals surface area contributed by atoms with E-state index in [1.165, 1.54) is 10.9 Å². The number of amides is 1. The van der Waals surface area contributed by atoms with Crippen LogP contribution in [0.3, 0.4) is 0 Å². The molecule has 0 spiro atoms. The highest BCUT2D eigenvalue weighted by molar-refractivity contribution is 5.82. The van der Waals surface area contributed by atoms with Crippen LogP contribution >= 0.6 is 0 Å². The molecule has 1 amide bonds. The number of benzene rings is 2. The minimum Gasteiger partial charge on any atom is -0.497 e. The van der Waals surface area contributed by atoms with Crippen molar-refractivity contribution in [3.05, 3.63) is 72.0 Å². The van der Waals surface area contributed by atoms with E-state index in [4.69, 9.17) is 13.9 Å². The molecule has 4 aromatic rings. The molecule has 30 heavy (non-hydrogen) atoms. The van der Waals surface area contributed by atoms with Crippen LogP contribution in [0.25, 0.3) is 11.0 Å². The molecule has 4 rings (SSSR count). The van der Waals surface area contributed by atoms with Gasteiger partial charge in [-0.25, -0.2) is 10.1 Å². The molecule has 0 radical (unpaired) electrons. The first-order valence-electron chi connectivity index (χ1n) is 9.17. The second-order valence-corrected chi connectivity index (χ2v) is 6.32. The number of para-hydroxylation sites is 1. The van der Waals surface area contributed by atoms with Crippen molar-refractivity contribution in [1.29, 1.82) is 0 Å². The molecule has 2 aromatic heterocycles. The molecular weight excluding hydrogens is 386 g/mol. The van der Waals surface area contributed by atoms with Crippen LogP contribution in [0.15, 0.2) is 70.2 Å². The summed E-state index contributed by atoms with van der Waals surface area (Å²) in [6.45, 7) is 0.364. The minimum absolute atomic E-state index is 0.00618. The number of aromatic nitrogens is 3. The van der Waals surface area contributed by atoms with Crippen LogP contribution in [0.2, 0.25) is 0 Å². The largest absolute Gasteiger partial charge is 0.497 e. The fourth-order valence-corrected chi connectivity index (χ4v) is 2.73. The molecule has 9 heteroatoms. The van der Waals surface area contributed by atoms with Crippen molar-refractivity contribution in [1.82, 2.24) is 20.4 Å². The van der Waals surface area contributed by atoms with E-state index in [1.807, 2.05) is 48.5 Å². The molecule has 0 saturated carbocycles. The highest BCUT2D eigenvalue weighted by Gasteiger charge is 2.08. The van der Waals surface area contributed by atoms with E-state index in [2.05, 4.69) is 20.8 Å². The lowest BCUT2D eigenvalue weighted by Crippen LogP contribution is -2.23. The standard InChI is InChI=1S/C21H19N5O4/c1-28-16-8-6-15(7-9-16)14-29-21-11-10-17(30-21)12-22-24-20(27)13-26-19-5-3-2-4-18(19)23-25-26/h2-12H,13-14H2,1H3,(H,24,27)/b22-12-. The van der Waals surface area contributed by atoms with Gasteiger partial charge in [-0.2, -0.15) is 5.10 Å². The summed E-state index contributed by atoms with van der Waals surface area (Å²) in [5, 5.41) is 11.9. The smallest absolute Gasteiger partial charge is 0.285 e. The molecule has 0 saturated heterocycles. The van der Waals surface area contributed by atoms with Gasteiger partial charge in [-0.3, -0.25) is 4.79 Å². The summed E-state index contributed by atoms with van der Waals surface area (Å²) >= 11 is 0. The Kier molecular flexibility index (Phi) is 5.70.